The minimum absolute atomic E-state index is 0.0193. The summed E-state index contributed by atoms with van der Waals surface area (Å²) < 4.78 is 11.1. The Hall–Kier alpha value is -6.84. The molecule has 4 aromatic carbocycles. The van der Waals surface area contributed by atoms with E-state index in [-0.39, 0.29) is 42.7 Å². The number of rotatable bonds is 9. The monoisotopic (exact) mass is 704 g/mol. The average Bonchev–Trinajstić information content (AvgIpc) is 3.61. The van der Waals surface area contributed by atoms with Crippen LogP contribution in [0, 0.1) is 20.2 Å². The lowest BCUT2D eigenvalue weighted by atomic mass is 9.86. The van der Waals surface area contributed by atoms with E-state index in [1.54, 1.807) is 82.2 Å². The Kier molecular flexibility index (Phi) is 8.28. The van der Waals surface area contributed by atoms with E-state index in [1.165, 1.54) is 24.3 Å². The number of fused-ring (bicyclic) bond motifs is 5. The van der Waals surface area contributed by atoms with Crippen molar-refractivity contribution in [3.8, 4) is 0 Å². The Morgan fingerprint density at radius 3 is 1.62 bits per heavy atom. The van der Waals surface area contributed by atoms with E-state index in [1.807, 2.05) is 37.3 Å². The van der Waals surface area contributed by atoms with Crippen molar-refractivity contribution in [2.45, 2.75) is 38.5 Å². The molecule has 0 bridgehead atoms. The molecule has 0 N–H and O–H groups in total. The van der Waals surface area contributed by atoms with Crippen LogP contribution in [0.2, 0.25) is 0 Å². The van der Waals surface area contributed by atoms with E-state index >= 15 is 0 Å². The van der Waals surface area contributed by atoms with Crippen molar-refractivity contribution in [1.82, 2.24) is 0 Å². The molecule has 2 atom stereocenters. The summed E-state index contributed by atoms with van der Waals surface area (Å²) in [5.41, 5.74) is -0.573. The van der Waals surface area contributed by atoms with Crippen LogP contribution in [0.25, 0.3) is 0 Å². The van der Waals surface area contributed by atoms with Gasteiger partial charge in [0.15, 0.2) is 5.66 Å². The quantitative estimate of drug-likeness (QED) is 0.115. The number of carbonyl (C=O) groups is 2. The zero-order valence-electron chi connectivity index (χ0n) is 28.3. The molecule has 0 radical (unpaired) electrons. The molecule has 0 fully saturated rings. The fourth-order valence-electron chi connectivity index (χ4n) is 7.12. The number of hydrogen-bond donors (Lipinski definition) is 0. The van der Waals surface area contributed by atoms with Crippen molar-refractivity contribution in [3.05, 3.63) is 129 Å². The predicted molar refractivity (Wildman–Crippen MR) is 192 cm³/mol. The van der Waals surface area contributed by atoms with E-state index in [0.717, 1.165) is 0 Å². The number of non-ortho nitro benzene ring substituents is 2. The zero-order chi connectivity index (χ0) is 36.8. The molecule has 4 aromatic rings. The maximum atomic E-state index is 14.0. The van der Waals surface area contributed by atoms with Crippen molar-refractivity contribution in [2.75, 3.05) is 33.0 Å². The molecule has 3 heterocycles. The number of anilines is 4. The summed E-state index contributed by atoms with van der Waals surface area (Å²) in [6.07, 6.45) is 0.0193. The van der Waals surface area contributed by atoms with Crippen LogP contribution in [0.5, 0.6) is 0 Å². The lowest BCUT2D eigenvalue weighted by Crippen LogP contribution is -2.62. The number of benzene rings is 4. The molecule has 0 amide bonds. The molecule has 52 heavy (non-hydrogen) atoms. The van der Waals surface area contributed by atoms with Gasteiger partial charge in [-0.1, -0.05) is 42.5 Å². The van der Waals surface area contributed by atoms with Crippen LogP contribution >= 0.6 is 0 Å². The summed E-state index contributed by atoms with van der Waals surface area (Å²) in [7, 11) is 0. The largest absolute Gasteiger partial charge is 0.460 e. The molecule has 16 heteroatoms. The molecule has 7 rings (SSSR count). The van der Waals surface area contributed by atoms with E-state index in [9.17, 15) is 29.8 Å². The van der Waals surface area contributed by atoms with Gasteiger partial charge in [-0.05, 0) is 57.2 Å². The highest BCUT2D eigenvalue weighted by molar-refractivity contribution is 6.45. The molecule has 3 aliphatic rings. The normalized spacial score (nSPS) is 20.2. The molecule has 0 unspecified atom stereocenters. The second-order valence-corrected chi connectivity index (χ2v) is 12.2. The number of esters is 2. The van der Waals surface area contributed by atoms with Gasteiger partial charge in [-0.15, -0.1) is 10.2 Å². The molecular formula is C36H32N8O8. The van der Waals surface area contributed by atoms with Crippen molar-refractivity contribution in [1.29, 1.82) is 0 Å². The van der Waals surface area contributed by atoms with Gasteiger partial charge >= 0.3 is 11.9 Å². The van der Waals surface area contributed by atoms with Crippen LogP contribution in [0.1, 0.15) is 32.8 Å². The molecule has 264 valence electrons. The minimum Gasteiger partial charge on any atom is -0.460 e. The summed E-state index contributed by atoms with van der Waals surface area (Å²) in [5.74, 6) is -1.56. The average molecular weight is 705 g/mol. The topological polar surface area (TPSA) is 177 Å². The van der Waals surface area contributed by atoms with Crippen LogP contribution < -0.4 is 19.8 Å². The number of nitro groups is 2. The Bertz CT molecular complexity index is 2140. The van der Waals surface area contributed by atoms with Crippen LogP contribution in [-0.4, -0.2) is 52.3 Å². The summed E-state index contributed by atoms with van der Waals surface area (Å²) >= 11 is 0. The summed E-state index contributed by atoms with van der Waals surface area (Å²) in [6, 6.07) is 28.1. The first-order chi connectivity index (χ1) is 25.0. The third kappa shape index (κ3) is 5.14. The molecule has 16 nitrogen and oxygen atoms in total. The first-order valence-corrected chi connectivity index (χ1v) is 16.4. The smallest absolute Gasteiger partial charge is 0.376 e. The molecule has 0 saturated carbocycles. The maximum Gasteiger partial charge on any atom is 0.376 e. The van der Waals surface area contributed by atoms with E-state index in [0.29, 0.717) is 28.3 Å². The Morgan fingerprint density at radius 1 is 0.673 bits per heavy atom. The van der Waals surface area contributed by atoms with E-state index < -0.39 is 33.1 Å². The van der Waals surface area contributed by atoms with Crippen LogP contribution in [0.4, 0.5) is 34.1 Å². The molecule has 0 aromatic heterocycles. The molecule has 3 aliphatic heterocycles. The number of hydrazone groups is 2. The fourth-order valence-corrected chi connectivity index (χ4v) is 7.12. The van der Waals surface area contributed by atoms with Crippen molar-refractivity contribution < 1.29 is 28.9 Å². The first-order valence-electron chi connectivity index (χ1n) is 16.4. The third-order valence-electron chi connectivity index (χ3n) is 9.18. The van der Waals surface area contributed by atoms with Gasteiger partial charge in [-0.2, -0.15) is 0 Å². The van der Waals surface area contributed by atoms with E-state index in [2.05, 4.69) is 0 Å². The van der Waals surface area contributed by atoms with Gasteiger partial charge in [0, 0.05) is 36.2 Å². The highest BCUT2D eigenvalue weighted by atomic mass is 16.6. The standard InChI is InChI=1S/C36H32N8O8/c1-4-51-33(45)31-37-41(25-15-19-27(20-16-25)43(47)48)35(3)23-36(24-11-7-6-8-12-24)40(30-14-10-9-13-29(30)39(31)35)32(34(46)52-5-2)38-42(36)26-17-21-28(22-18-26)44(49)50/h6-22H,4-5,23H2,1-3H3/t35-,36-/m1/s1. The van der Waals surface area contributed by atoms with Crippen LogP contribution in [-0.2, 0) is 24.7 Å². The summed E-state index contributed by atoms with van der Waals surface area (Å²) in [4.78, 5) is 53.6. The summed E-state index contributed by atoms with van der Waals surface area (Å²) in [6.45, 7) is 5.35. The van der Waals surface area contributed by atoms with Gasteiger partial charge < -0.3 is 9.47 Å². The number of hydrogen-bond acceptors (Lipinski definition) is 14. The second kappa shape index (κ2) is 12.8. The van der Waals surface area contributed by atoms with E-state index in [4.69, 9.17) is 19.7 Å². The minimum atomic E-state index is -1.43. The number of para-hydroxylation sites is 2. The zero-order valence-corrected chi connectivity index (χ0v) is 28.3. The Balaban J connectivity index is 1.56. The summed E-state index contributed by atoms with van der Waals surface area (Å²) in [5, 5.41) is 36.3. The highest BCUT2D eigenvalue weighted by Crippen LogP contribution is 2.57. The Labute approximate surface area is 297 Å². The van der Waals surface area contributed by atoms with Gasteiger partial charge in [0.2, 0.25) is 11.7 Å². The van der Waals surface area contributed by atoms with Gasteiger partial charge in [-0.3, -0.25) is 30.0 Å². The fraction of sp³-hybridized carbons (Fsp3) is 0.222. The SMILES string of the molecule is CCOC(=O)C1=NN(c2ccc([N+](=O)[O-])cc2)[C@]2(C)C[C@]3(c4ccccc4)N(c4ccc([N+](=O)[O-])cc4)N=C(C(=O)OCC)N3c3ccccc3N12. The number of nitrogens with zero attached hydrogens (tertiary/aromatic N) is 8. The van der Waals surface area contributed by atoms with Gasteiger partial charge in [0.1, 0.15) is 5.66 Å². The molecule has 0 saturated heterocycles. The predicted octanol–water partition coefficient (Wildman–Crippen LogP) is 5.88. The second-order valence-electron chi connectivity index (χ2n) is 12.2. The molecular weight excluding hydrogens is 672 g/mol. The van der Waals surface area contributed by atoms with Crippen molar-refractivity contribution in [2.24, 2.45) is 10.2 Å². The van der Waals surface area contributed by atoms with Gasteiger partial charge in [0.25, 0.3) is 11.4 Å². The van der Waals surface area contributed by atoms with Crippen molar-refractivity contribution in [3.63, 3.8) is 0 Å². The number of ether oxygens (including phenoxy) is 2. The van der Waals surface area contributed by atoms with Gasteiger partial charge in [-0.25, -0.2) is 19.6 Å². The highest BCUT2D eigenvalue weighted by Gasteiger charge is 2.64. The number of amidine groups is 2. The van der Waals surface area contributed by atoms with Crippen LogP contribution in [0.3, 0.4) is 0 Å². The number of nitro benzene ring substituents is 2. The van der Waals surface area contributed by atoms with Crippen LogP contribution in [0.15, 0.2) is 113 Å². The third-order valence-corrected chi connectivity index (χ3v) is 9.18. The maximum absolute atomic E-state index is 14.0. The Morgan fingerprint density at radius 2 is 1.12 bits per heavy atom. The lowest BCUT2D eigenvalue weighted by molar-refractivity contribution is -0.385. The molecule has 0 spiro atoms. The first kappa shape index (κ1) is 33.6. The molecule has 0 aliphatic carbocycles. The lowest BCUT2D eigenvalue weighted by Gasteiger charge is -2.48. The van der Waals surface area contributed by atoms with Crippen molar-refractivity contribution >= 4 is 57.7 Å². The number of carbonyl (C=O) groups excluding carboxylic acids is 2. The van der Waals surface area contributed by atoms with Gasteiger partial charge in [0.05, 0.1) is 45.8 Å².